The molecule has 19 heavy (non-hydrogen) atoms. The molecule has 7 heteroatoms. The van der Waals surface area contributed by atoms with Gasteiger partial charge in [-0.3, -0.25) is 0 Å². The highest BCUT2D eigenvalue weighted by molar-refractivity contribution is 5.85. The maximum atomic E-state index is 13.7. The van der Waals surface area contributed by atoms with Gasteiger partial charge in [-0.05, 0) is 18.6 Å². The highest BCUT2D eigenvalue weighted by Gasteiger charge is 2.22. The van der Waals surface area contributed by atoms with E-state index >= 15 is 0 Å². The smallest absolute Gasteiger partial charge is 0.166 e. The lowest BCUT2D eigenvalue weighted by Crippen LogP contribution is -2.32. The van der Waals surface area contributed by atoms with Crippen LogP contribution in [-0.2, 0) is 13.0 Å². The highest BCUT2D eigenvalue weighted by atomic mass is 35.5. The maximum absolute atomic E-state index is 13.7. The number of nitrogens with zero attached hydrogens (tertiary/aromatic N) is 3. The number of rotatable bonds is 1. The average molecular weight is 305 g/mol. The largest absolute Gasteiger partial charge is 0.326 e. The Morgan fingerprint density at radius 1 is 1.21 bits per heavy atom. The Kier molecular flexibility index (Phi) is 5.29. The number of aryl methyl sites for hydroxylation is 1. The Morgan fingerprint density at radius 2 is 1.95 bits per heavy atom. The fourth-order valence-electron chi connectivity index (χ4n) is 2.19. The molecule has 104 valence electrons. The zero-order valence-electron chi connectivity index (χ0n) is 10.1. The highest BCUT2D eigenvalue weighted by Crippen LogP contribution is 2.24. The van der Waals surface area contributed by atoms with Crippen LogP contribution in [0.25, 0.3) is 11.4 Å². The summed E-state index contributed by atoms with van der Waals surface area (Å²) in [4.78, 5) is 0. The summed E-state index contributed by atoms with van der Waals surface area (Å²) in [6.07, 6.45) is 1.72. The average Bonchev–Trinajstić information content (AvgIpc) is 2.72. The summed E-state index contributed by atoms with van der Waals surface area (Å²) in [5.41, 5.74) is 6.41. The molecule has 3 rings (SSSR count). The number of nitrogens with two attached hydrogens (primary N) is 1. The van der Waals surface area contributed by atoms with E-state index in [1.807, 2.05) is 4.57 Å². The monoisotopic (exact) mass is 304 g/mol. The lowest BCUT2D eigenvalue weighted by Gasteiger charge is -2.20. The zero-order valence-corrected chi connectivity index (χ0v) is 11.8. The summed E-state index contributed by atoms with van der Waals surface area (Å²) in [6, 6.07) is 6.71. The molecule has 0 saturated carbocycles. The molecule has 0 fully saturated rings. The van der Waals surface area contributed by atoms with Crippen molar-refractivity contribution in [2.24, 2.45) is 5.73 Å². The molecular formula is C12H15Cl2FN4. The normalized spacial score (nSPS) is 17.1. The van der Waals surface area contributed by atoms with E-state index < -0.39 is 0 Å². The quantitative estimate of drug-likeness (QED) is 0.879. The van der Waals surface area contributed by atoms with Gasteiger partial charge >= 0.3 is 0 Å². The molecule has 0 bridgehead atoms. The molecule has 1 aliphatic rings. The van der Waals surface area contributed by atoms with Crippen LogP contribution < -0.4 is 5.73 Å². The van der Waals surface area contributed by atoms with E-state index in [1.165, 1.54) is 6.07 Å². The Hall–Kier alpha value is -1.17. The van der Waals surface area contributed by atoms with E-state index in [0.29, 0.717) is 17.9 Å². The number of halogens is 3. The van der Waals surface area contributed by atoms with Crippen LogP contribution >= 0.6 is 24.8 Å². The second kappa shape index (κ2) is 6.32. The summed E-state index contributed by atoms with van der Waals surface area (Å²) in [6.45, 7) is 0.659. The lowest BCUT2D eigenvalue weighted by molar-refractivity contribution is 0.455. The van der Waals surface area contributed by atoms with Gasteiger partial charge in [0.2, 0.25) is 0 Å². The molecule has 0 aliphatic carbocycles. The first-order valence-electron chi connectivity index (χ1n) is 5.68. The fourth-order valence-corrected chi connectivity index (χ4v) is 2.19. The van der Waals surface area contributed by atoms with Crippen molar-refractivity contribution in [3.05, 3.63) is 35.9 Å². The molecule has 1 unspecified atom stereocenters. The van der Waals surface area contributed by atoms with Crippen molar-refractivity contribution in [2.75, 3.05) is 0 Å². The number of benzene rings is 1. The van der Waals surface area contributed by atoms with Gasteiger partial charge in [-0.2, -0.15) is 0 Å². The maximum Gasteiger partial charge on any atom is 0.166 e. The minimum Gasteiger partial charge on any atom is -0.326 e. The van der Waals surface area contributed by atoms with Crippen LogP contribution in [0.15, 0.2) is 24.3 Å². The van der Waals surface area contributed by atoms with Crippen molar-refractivity contribution in [3.8, 4) is 11.4 Å². The SMILES string of the molecule is Cl.Cl.NC1CCc2nnc(-c3ccccc3F)n2C1. The van der Waals surface area contributed by atoms with Crippen molar-refractivity contribution in [2.45, 2.75) is 25.4 Å². The standard InChI is InChI=1S/C12H13FN4.2ClH/c13-10-4-2-1-3-9(10)12-16-15-11-6-5-8(14)7-17(11)12;;/h1-4,8H,5-7,14H2;2*1H. The van der Waals surface area contributed by atoms with E-state index in [1.54, 1.807) is 18.2 Å². The van der Waals surface area contributed by atoms with Gasteiger partial charge in [0.05, 0.1) is 5.56 Å². The predicted molar refractivity (Wildman–Crippen MR) is 76.2 cm³/mol. The summed E-state index contributed by atoms with van der Waals surface area (Å²) in [7, 11) is 0. The number of aromatic nitrogens is 3. The molecule has 2 heterocycles. The fraction of sp³-hybridized carbons (Fsp3) is 0.333. The van der Waals surface area contributed by atoms with E-state index in [0.717, 1.165) is 18.7 Å². The number of hydrogen-bond acceptors (Lipinski definition) is 3. The van der Waals surface area contributed by atoms with Gasteiger partial charge in [0.25, 0.3) is 0 Å². The Labute approximate surface area is 123 Å². The van der Waals surface area contributed by atoms with Gasteiger partial charge in [0.1, 0.15) is 11.6 Å². The molecule has 1 atom stereocenters. The minimum atomic E-state index is -0.276. The van der Waals surface area contributed by atoms with Gasteiger partial charge in [-0.1, -0.05) is 12.1 Å². The van der Waals surface area contributed by atoms with Crippen molar-refractivity contribution >= 4 is 24.8 Å². The van der Waals surface area contributed by atoms with Crippen molar-refractivity contribution < 1.29 is 4.39 Å². The molecule has 1 aromatic heterocycles. The van der Waals surface area contributed by atoms with Gasteiger partial charge in [0, 0.05) is 19.0 Å². The Morgan fingerprint density at radius 3 is 2.68 bits per heavy atom. The molecule has 0 spiro atoms. The van der Waals surface area contributed by atoms with Gasteiger partial charge in [-0.15, -0.1) is 35.0 Å². The molecular weight excluding hydrogens is 290 g/mol. The molecule has 0 amide bonds. The molecule has 0 radical (unpaired) electrons. The molecule has 2 N–H and O–H groups in total. The van der Waals surface area contributed by atoms with E-state index in [2.05, 4.69) is 10.2 Å². The predicted octanol–water partition coefficient (Wildman–Crippen LogP) is 2.20. The summed E-state index contributed by atoms with van der Waals surface area (Å²) >= 11 is 0. The van der Waals surface area contributed by atoms with E-state index in [-0.39, 0.29) is 36.7 Å². The van der Waals surface area contributed by atoms with Gasteiger partial charge in [0.15, 0.2) is 5.82 Å². The summed E-state index contributed by atoms with van der Waals surface area (Å²) < 4.78 is 15.6. The molecule has 1 aliphatic heterocycles. The molecule has 1 aromatic carbocycles. The second-order valence-electron chi connectivity index (χ2n) is 4.33. The molecule has 4 nitrogen and oxygen atoms in total. The third-order valence-corrected chi connectivity index (χ3v) is 3.10. The van der Waals surface area contributed by atoms with Gasteiger partial charge < -0.3 is 10.3 Å². The third kappa shape index (κ3) is 2.88. The lowest BCUT2D eigenvalue weighted by atomic mass is 10.1. The van der Waals surface area contributed by atoms with Crippen molar-refractivity contribution in [3.63, 3.8) is 0 Å². The van der Waals surface area contributed by atoms with Crippen LogP contribution in [0.5, 0.6) is 0 Å². The topological polar surface area (TPSA) is 56.7 Å². The zero-order chi connectivity index (χ0) is 11.8. The van der Waals surface area contributed by atoms with Crippen LogP contribution in [0, 0.1) is 5.82 Å². The van der Waals surface area contributed by atoms with Crippen molar-refractivity contribution in [1.29, 1.82) is 0 Å². The van der Waals surface area contributed by atoms with Crippen LogP contribution in [0.4, 0.5) is 4.39 Å². The van der Waals surface area contributed by atoms with Gasteiger partial charge in [-0.25, -0.2) is 4.39 Å². The first-order valence-corrected chi connectivity index (χ1v) is 5.68. The number of hydrogen-bond donors (Lipinski definition) is 1. The number of fused-ring (bicyclic) bond motifs is 1. The first kappa shape index (κ1) is 15.9. The molecule has 2 aromatic rings. The second-order valence-corrected chi connectivity index (χ2v) is 4.33. The summed E-state index contributed by atoms with van der Waals surface area (Å²) in [5, 5.41) is 8.18. The Bertz CT molecular complexity index is 558. The van der Waals surface area contributed by atoms with Crippen LogP contribution in [0.2, 0.25) is 0 Å². The van der Waals surface area contributed by atoms with E-state index in [4.69, 9.17) is 5.73 Å². The van der Waals surface area contributed by atoms with Crippen LogP contribution in [0.3, 0.4) is 0 Å². The first-order chi connectivity index (χ1) is 8.25. The third-order valence-electron chi connectivity index (χ3n) is 3.10. The van der Waals surface area contributed by atoms with Crippen LogP contribution in [0.1, 0.15) is 12.2 Å². The Balaban J connectivity index is 0.000000902. The van der Waals surface area contributed by atoms with Crippen LogP contribution in [-0.4, -0.2) is 20.8 Å². The minimum absolute atomic E-state index is 0. The van der Waals surface area contributed by atoms with Crippen molar-refractivity contribution in [1.82, 2.24) is 14.8 Å². The van der Waals surface area contributed by atoms with E-state index in [9.17, 15) is 4.39 Å². The summed E-state index contributed by atoms with van der Waals surface area (Å²) in [5.74, 6) is 1.19. The molecule has 0 saturated heterocycles.